The number of nitrogens with zero attached hydrogens (tertiary/aromatic N) is 1. The van der Waals surface area contributed by atoms with Crippen molar-refractivity contribution >= 4 is 37.4 Å². The number of fused-ring (bicyclic) bond motifs is 1. The van der Waals surface area contributed by atoms with Gasteiger partial charge in [-0.25, -0.2) is 0 Å². The van der Waals surface area contributed by atoms with Crippen molar-refractivity contribution in [3.63, 3.8) is 0 Å². The van der Waals surface area contributed by atoms with Crippen LogP contribution in [0.2, 0.25) is 0 Å². The summed E-state index contributed by atoms with van der Waals surface area (Å²) in [5, 5.41) is 3.38. The lowest BCUT2D eigenvalue weighted by Gasteiger charge is -2.35. The maximum absolute atomic E-state index is 6.46. The summed E-state index contributed by atoms with van der Waals surface area (Å²) in [6.07, 6.45) is 9.26. The Morgan fingerprint density at radius 2 is 2.13 bits per heavy atom. The first-order valence-electron chi connectivity index (χ1n) is 8.86. The molecule has 0 N–H and O–H groups in total. The molecular weight excluding hydrogens is 370 g/mol. The highest BCUT2D eigenvalue weighted by atomic mass is 79.9. The molecule has 3 rings (SSSR count). The molecule has 1 fully saturated rings. The molecule has 1 aliphatic heterocycles. The second-order valence-electron chi connectivity index (χ2n) is 6.37. The van der Waals surface area contributed by atoms with Crippen molar-refractivity contribution in [2.75, 3.05) is 13.1 Å². The Bertz CT molecular complexity index is 627. The quantitative estimate of drug-likeness (QED) is 0.500. The molecule has 0 amide bonds. The van der Waals surface area contributed by atoms with E-state index in [9.17, 15) is 0 Å². The largest absolute Gasteiger partial charge is 0.474 e. The molecule has 1 aromatic carbocycles. The number of benzene rings is 1. The van der Waals surface area contributed by atoms with Crippen molar-refractivity contribution in [3.05, 3.63) is 28.1 Å². The molecule has 1 unspecified atom stereocenters. The van der Waals surface area contributed by atoms with Crippen LogP contribution in [0.25, 0.3) is 10.1 Å². The lowest BCUT2D eigenvalue weighted by atomic mass is 10.1. The van der Waals surface area contributed by atoms with Crippen LogP contribution in [-0.2, 0) is 0 Å². The Morgan fingerprint density at radius 3 is 3.00 bits per heavy atom. The van der Waals surface area contributed by atoms with Crippen LogP contribution in [0.15, 0.2) is 28.1 Å². The number of halogens is 1. The predicted octanol–water partition coefficient (Wildman–Crippen LogP) is 6.43. The topological polar surface area (TPSA) is 12.5 Å². The zero-order valence-electron chi connectivity index (χ0n) is 13.9. The smallest absolute Gasteiger partial charge is 0.152 e. The fourth-order valence-electron chi connectivity index (χ4n) is 3.34. The van der Waals surface area contributed by atoms with Crippen LogP contribution < -0.4 is 4.74 Å². The van der Waals surface area contributed by atoms with Crippen LogP contribution in [0.4, 0.5) is 0 Å². The van der Waals surface area contributed by atoms with Gasteiger partial charge < -0.3 is 4.74 Å². The highest BCUT2D eigenvalue weighted by molar-refractivity contribution is 9.10. The van der Waals surface area contributed by atoms with Crippen LogP contribution in [0.5, 0.6) is 5.75 Å². The van der Waals surface area contributed by atoms with Crippen molar-refractivity contribution < 1.29 is 4.74 Å². The maximum Gasteiger partial charge on any atom is 0.152 e. The van der Waals surface area contributed by atoms with Crippen LogP contribution in [0.1, 0.15) is 51.9 Å². The summed E-state index contributed by atoms with van der Waals surface area (Å²) in [6, 6.07) is 6.40. The second-order valence-corrected chi connectivity index (χ2v) is 8.14. The third-order valence-corrected chi connectivity index (χ3v) is 6.52. The van der Waals surface area contributed by atoms with E-state index in [0.29, 0.717) is 0 Å². The minimum Gasteiger partial charge on any atom is -0.474 e. The molecule has 4 heteroatoms. The van der Waals surface area contributed by atoms with Gasteiger partial charge in [0.15, 0.2) is 6.23 Å². The minimum absolute atomic E-state index is 0.245. The Hall–Kier alpha value is -0.580. The van der Waals surface area contributed by atoms with Gasteiger partial charge in [0.1, 0.15) is 5.75 Å². The third kappa shape index (κ3) is 4.28. The SMILES string of the molecule is CCCCCCN1CCCCC1Oc1ccc(Br)c2sccc12. The Labute approximate surface area is 152 Å². The number of rotatable bonds is 7. The van der Waals surface area contributed by atoms with E-state index < -0.39 is 0 Å². The van der Waals surface area contributed by atoms with E-state index in [0.717, 1.165) is 16.6 Å². The van der Waals surface area contributed by atoms with Crippen molar-refractivity contribution in [1.29, 1.82) is 0 Å². The van der Waals surface area contributed by atoms with E-state index in [1.807, 2.05) is 0 Å². The number of ether oxygens (including phenoxy) is 1. The molecule has 2 nitrogen and oxygen atoms in total. The molecule has 1 aromatic heterocycles. The molecular formula is C19H26BrNOS. The average Bonchev–Trinajstić information content (AvgIpc) is 3.06. The van der Waals surface area contributed by atoms with E-state index in [4.69, 9.17) is 4.74 Å². The number of hydrogen-bond donors (Lipinski definition) is 0. The monoisotopic (exact) mass is 395 g/mol. The zero-order chi connectivity index (χ0) is 16.1. The Balaban J connectivity index is 1.68. The first-order valence-corrected chi connectivity index (χ1v) is 10.5. The van der Waals surface area contributed by atoms with Crippen LogP contribution in [0.3, 0.4) is 0 Å². The lowest BCUT2D eigenvalue weighted by Crippen LogP contribution is -2.43. The van der Waals surface area contributed by atoms with Gasteiger partial charge >= 0.3 is 0 Å². The summed E-state index contributed by atoms with van der Waals surface area (Å²) in [7, 11) is 0. The predicted molar refractivity (Wildman–Crippen MR) is 104 cm³/mol. The molecule has 0 saturated carbocycles. The summed E-state index contributed by atoms with van der Waals surface area (Å²) < 4.78 is 8.91. The van der Waals surface area contributed by atoms with E-state index >= 15 is 0 Å². The molecule has 1 aliphatic rings. The summed E-state index contributed by atoms with van der Waals surface area (Å²) in [5.74, 6) is 1.04. The van der Waals surface area contributed by atoms with Gasteiger partial charge in [0.25, 0.3) is 0 Å². The van der Waals surface area contributed by atoms with E-state index in [1.165, 1.54) is 61.7 Å². The first-order chi connectivity index (χ1) is 11.3. The van der Waals surface area contributed by atoms with Gasteiger partial charge in [-0.15, -0.1) is 11.3 Å². The van der Waals surface area contributed by atoms with Gasteiger partial charge in [-0.05, 0) is 65.2 Å². The molecule has 2 heterocycles. The zero-order valence-corrected chi connectivity index (χ0v) is 16.3. The lowest BCUT2D eigenvalue weighted by molar-refractivity contribution is -0.00372. The fourth-order valence-corrected chi connectivity index (χ4v) is 4.79. The third-order valence-electron chi connectivity index (χ3n) is 4.64. The number of piperidine rings is 1. The average molecular weight is 396 g/mol. The van der Waals surface area contributed by atoms with E-state index in [-0.39, 0.29) is 6.23 Å². The van der Waals surface area contributed by atoms with Gasteiger partial charge in [0.05, 0.1) is 4.70 Å². The normalized spacial score (nSPS) is 19.3. The highest BCUT2D eigenvalue weighted by Gasteiger charge is 2.24. The second kappa shape index (κ2) is 8.50. The van der Waals surface area contributed by atoms with Crippen LogP contribution in [-0.4, -0.2) is 24.2 Å². The molecule has 1 atom stereocenters. The molecule has 2 aromatic rings. The van der Waals surface area contributed by atoms with Crippen molar-refractivity contribution in [2.24, 2.45) is 0 Å². The Morgan fingerprint density at radius 1 is 1.22 bits per heavy atom. The fraction of sp³-hybridized carbons (Fsp3) is 0.579. The van der Waals surface area contributed by atoms with Crippen LogP contribution >= 0.6 is 27.3 Å². The molecule has 126 valence electrons. The van der Waals surface area contributed by atoms with Crippen molar-refractivity contribution in [1.82, 2.24) is 4.90 Å². The summed E-state index contributed by atoms with van der Waals surface area (Å²) in [4.78, 5) is 2.55. The minimum atomic E-state index is 0.245. The van der Waals surface area contributed by atoms with Gasteiger partial charge in [0, 0.05) is 22.9 Å². The highest BCUT2D eigenvalue weighted by Crippen LogP contribution is 2.36. The number of unbranched alkanes of at least 4 members (excludes halogenated alkanes) is 3. The molecule has 0 aliphatic carbocycles. The van der Waals surface area contributed by atoms with Gasteiger partial charge in [-0.2, -0.15) is 0 Å². The van der Waals surface area contributed by atoms with Crippen molar-refractivity contribution in [3.8, 4) is 5.75 Å². The number of likely N-dealkylation sites (tertiary alicyclic amines) is 1. The first kappa shape index (κ1) is 17.2. The van der Waals surface area contributed by atoms with E-state index in [1.54, 1.807) is 11.3 Å². The molecule has 0 bridgehead atoms. The van der Waals surface area contributed by atoms with E-state index in [2.05, 4.69) is 51.3 Å². The van der Waals surface area contributed by atoms with Crippen LogP contribution in [0, 0.1) is 0 Å². The van der Waals surface area contributed by atoms with Gasteiger partial charge in [0.2, 0.25) is 0 Å². The summed E-state index contributed by atoms with van der Waals surface area (Å²) >= 11 is 5.41. The molecule has 0 spiro atoms. The van der Waals surface area contributed by atoms with Gasteiger partial charge in [-0.1, -0.05) is 26.2 Å². The molecule has 0 radical (unpaired) electrons. The number of hydrogen-bond acceptors (Lipinski definition) is 3. The summed E-state index contributed by atoms with van der Waals surface area (Å²) in [5.41, 5.74) is 0. The molecule has 1 saturated heterocycles. The standard InChI is InChI=1S/C19H26BrNOS/c1-2-3-4-6-12-21-13-7-5-8-18(21)22-17-10-9-16(20)19-15(17)11-14-23-19/h9-11,14,18H,2-8,12-13H2,1H3. The number of thiophene rings is 1. The maximum atomic E-state index is 6.46. The van der Waals surface area contributed by atoms with Crippen molar-refractivity contribution in [2.45, 2.75) is 58.1 Å². The Kier molecular flexibility index (Phi) is 6.37. The van der Waals surface area contributed by atoms with Gasteiger partial charge in [-0.3, -0.25) is 4.90 Å². The molecule has 23 heavy (non-hydrogen) atoms. The summed E-state index contributed by atoms with van der Waals surface area (Å²) in [6.45, 7) is 4.63.